The highest BCUT2D eigenvalue weighted by Gasteiger charge is 2.07. The zero-order valence-corrected chi connectivity index (χ0v) is 8.71. The quantitative estimate of drug-likeness (QED) is 0.520. The monoisotopic (exact) mass is 180 g/mol. The summed E-state index contributed by atoms with van der Waals surface area (Å²) in [5, 5.41) is 8.67. The summed E-state index contributed by atoms with van der Waals surface area (Å²) in [5.74, 6) is 0.609. The molecular weight excluding hydrogens is 160 g/mol. The SMILES string of the molecule is CC1=CC(C)C=C(CCCCO)C1. The van der Waals surface area contributed by atoms with Gasteiger partial charge in [0, 0.05) is 6.61 Å². The Morgan fingerprint density at radius 3 is 2.77 bits per heavy atom. The van der Waals surface area contributed by atoms with E-state index in [9.17, 15) is 0 Å². The summed E-state index contributed by atoms with van der Waals surface area (Å²) in [6, 6.07) is 0. The van der Waals surface area contributed by atoms with Gasteiger partial charge in [0.2, 0.25) is 0 Å². The molecule has 0 saturated heterocycles. The Morgan fingerprint density at radius 2 is 2.15 bits per heavy atom. The number of rotatable bonds is 4. The summed E-state index contributed by atoms with van der Waals surface area (Å²) in [4.78, 5) is 0. The maximum absolute atomic E-state index is 8.67. The Labute approximate surface area is 81.2 Å². The summed E-state index contributed by atoms with van der Waals surface area (Å²) in [5.41, 5.74) is 3.05. The summed E-state index contributed by atoms with van der Waals surface area (Å²) in [6.45, 7) is 4.77. The largest absolute Gasteiger partial charge is 0.396 e. The zero-order chi connectivity index (χ0) is 9.68. The zero-order valence-electron chi connectivity index (χ0n) is 8.71. The van der Waals surface area contributed by atoms with Gasteiger partial charge in [-0.25, -0.2) is 0 Å². The van der Waals surface area contributed by atoms with E-state index in [4.69, 9.17) is 5.11 Å². The number of aliphatic hydroxyl groups is 1. The third-order valence-corrected chi connectivity index (χ3v) is 2.46. The fraction of sp³-hybridized carbons (Fsp3) is 0.667. The van der Waals surface area contributed by atoms with Gasteiger partial charge in [0.25, 0.3) is 0 Å². The third kappa shape index (κ3) is 3.77. The van der Waals surface area contributed by atoms with Gasteiger partial charge in [-0.2, -0.15) is 0 Å². The topological polar surface area (TPSA) is 20.2 Å². The van der Waals surface area contributed by atoms with Crippen molar-refractivity contribution in [2.45, 2.75) is 39.5 Å². The van der Waals surface area contributed by atoms with Crippen LogP contribution in [0.1, 0.15) is 39.5 Å². The standard InChI is InChI=1S/C12H20O/c1-10-7-11(2)9-12(8-10)5-3-4-6-13/h7-8,10,13H,3-6,9H2,1-2H3. The van der Waals surface area contributed by atoms with Crippen molar-refractivity contribution < 1.29 is 5.11 Å². The number of unbranched alkanes of at least 4 members (excludes halogenated alkanes) is 1. The lowest BCUT2D eigenvalue weighted by atomic mass is 9.90. The van der Waals surface area contributed by atoms with Crippen LogP contribution in [-0.4, -0.2) is 11.7 Å². The van der Waals surface area contributed by atoms with Gasteiger partial charge in [-0.15, -0.1) is 0 Å². The molecule has 0 aliphatic heterocycles. The van der Waals surface area contributed by atoms with Crippen molar-refractivity contribution in [2.75, 3.05) is 6.61 Å². The lowest BCUT2D eigenvalue weighted by molar-refractivity contribution is 0.284. The molecule has 1 heteroatoms. The minimum absolute atomic E-state index is 0.331. The maximum atomic E-state index is 8.67. The number of hydrogen-bond acceptors (Lipinski definition) is 1. The molecule has 0 fully saturated rings. The van der Waals surface area contributed by atoms with Crippen LogP contribution in [0.3, 0.4) is 0 Å². The third-order valence-electron chi connectivity index (χ3n) is 2.46. The van der Waals surface area contributed by atoms with Crippen LogP contribution in [-0.2, 0) is 0 Å². The van der Waals surface area contributed by atoms with Gasteiger partial charge in [-0.3, -0.25) is 0 Å². The second-order valence-corrected chi connectivity index (χ2v) is 4.05. The van der Waals surface area contributed by atoms with E-state index in [1.165, 1.54) is 5.57 Å². The molecule has 0 spiro atoms. The van der Waals surface area contributed by atoms with E-state index in [1.54, 1.807) is 5.57 Å². The first-order valence-corrected chi connectivity index (χ1v) is 5.20. The van der Waals surface area contributed by atoms with Crippen LogP contribution in [0.4, 0.5) is 0 Å². The van der Waals surface area contributed by atoms with Gasteiger partial charge in [0.05, 0.1) is 0 Å². The Hall–Kier alpha value is -0.560. The van der Waals surface area contributed by atoms with Crippen LogP contribution in [0.25, 0.3) is 0 Å². The number of aliphatic hydroxyl groups excluding tert-OH is 1. The first-order valence-electron chi connectivity index (χ1n) is 5.20. The lowest BCUT2D eigenvalue weighted by Gasteiger charge is -2.16. The number of allylic oxidation sites excluding steroid dienone is 4. The molecule has 0 aromatic heterocycles. The van der Waals surface area contributed by atoms with Crippen molar-refractivity contribution in [3.63, 3.8) is 0 Å². The van der Waals surface area contributed by atoms with Gasteiger partial charge in [-0.1, -0.05) is 30.2 Å². The Kier molecular flexibility index (Phi) is 4.23. The molecule has 1 rings (SSSR count). The van der Waals surface area contributed by atoms with E-state index in [1.807, 2.05) is 0 Å². The van der Waals surface area contributed by atoms with Crippen molar-refractivity contribution >= 4 is 0 Å². The fourth-order valence-corrected chi connectivity index (χ4v) is 1.98. The van der Waals surface area contributed by atoms with Crippen molar-refractivity contribution in [1.82, 2.24) is 0 Å². The molecule has 0 saturated carbocycles. The normalized spacial score (nSPS) is 22.5. The Morgan fingerprint density at radius 1 is 1.38 bits per heavy atom. The average Bonchev–Trinajstić information content (AvgIpc) is 2.03. The van der Waals surface area contributed by atoms with Gasteiger partial charge in [0.1, 0.15) is 0 Å². The molecule has 74 valence electrons. The average molecular weight is 180 g/mol. The summed E-state index contributed by atoms with van der Waals surface area (Å²) in [7, 11) is 0. The van der Waals surface area contributed by atoms with E-state index in [-0.39, 0.29) is 0 Å². The highest BCUT2D eigenvalue weighted by molar-refractivity contribution is 5.23. The van der Waals surface area contributed by atoms with Crippen LogP contribution < -0.4 is 0 Å². The van der Waals surface area contributed by atoms with Crippen molar-refractivity contribution in [2.24, 2.45) is 5.92 Å². The molecule has 1 N–H and O–H groups in total. The molecule has 0 aromatic rings. The molecule has 0 aromatic carbocycles. The molecule has 1 unspecified atom stereocenters. The van der Waals surface area contributed by atoms with Crippen LogP contribution in [0.15, 0.2) is 23.3 Å². The smallest absolute Gasteiger partial charge is 0.0431 e. The van der Waals surface area contributed by atoms with E-state index < -0.39 is 0 Å². The molecule has 0 bridgehead atoms. The molecule has 0 heterocycles. The van der Waals surface area contributed by atoms with Gasteiger partial charge < -0.3 is 5.11 Å². The van der Waals surface area contributed by atoms with Gasteiger partial charge in [0.15, 0.2) is 0 Å². The first kappa shape index (κ1) is 10.5. The fourth-order valence-electron chi connectivity index (χ4n) is 1.98. The van der Waals surface area contributed by atoms with Crippen LogP contribution in [0.2, 0.25) is 0 Å². The molecule has 0 radical (unpaired) electrons. The van der Waals surface area contributed by atoms with Crippen molar-refractivity contribution in [3.05, 3.63) is 23.3 Å². The second-order valence-electron chi connectivity index (χ2n) is 4.05. The van der Waals surface area contributed by atoms with Crippen LogP contribution in [0.5, 0.6) is 0 Å². The predicted molar refractivity (Wildman–Crippen MR) is 56.6 cm³/mol. The minimum Gasteiger partial charge on any atom is -0.396 e. The van der Waals surface area contributed by atoms with Crippen LogP contribution in [0, 0.1) is 5.92 Å². The van der Waals surface area contributed by atoms with Gasteiger partial charge in [-0.05, 0) is 38.5 Å². The van der Waals surface area contributed by atoms with E-state index in [2.05, 4.69) is 26.0 Å². The summed E-state index contributed by atoms with van der Waals surface area (Å²) in [6.07, 6.45) is 9.07. The van der Waals surface area contributed by atoms with Crippen LogP contribution >= 0.6 is 0 Å². The second kappa shape index (κ2) is 5.23. The summed E-state index contributed by atoms with van der Waals surface area (Å²) < 4.78 is 0. The van der Waals surface area contributed by atoms with E-state index in [0.717, 1.165) is 25.7 Å². The molecule has 1 atom stereocenters. The Bertz CT molecular complexity index is 213. The molecular formula is C12H20O. The maximum Gasteiger partial charge on any atom is 0.0431 e. The van der Waals surface area contributed by atoms with Crippen molar-refractivity contribution in [1.29, 1.82) is 0 Å². The summed E-state index contributed by atoms with van der Waals surface area (Å²) >= 11 is 0. The van der Waals surface area contributed by atoms with Gasteiger partial charge >= 0.3 is 0 Å². The Balaban J connectivity index is 2.34. The van der Waals surface area contributed by atoms with E-state index in [0.29, 0.717) is 12.5 Å². The molecule has 13 heavy (non-hydrogen) atoms. The molecule has 1 aliphatic rings. The molecule has 1 aliphatic carbocycles. The van der Waals surface area contributed by atoms with Crippen molar-refractivity contribution in [3.8, 4) is 0 Å². The predicted octanol–water partition coefficient (Wildman–Crippen LogP) is 3.06. The first-order chi connectivity index (χ1) is 6.22. The highest BCUT2D eigenvalue weighted by Crippen LogP contribution is 2.25. The minimum atomic E-state index is 0.331. The van der Waals surface area contributed by atoms with E-state index >= 15 is 0 Å². The lowest BCUT2D eigenvalue weighted by Crippen LogP contribution is -1.99. The number of hydrogen-bond donors (Lipinski definition) is 1. The molecule has 1 nitrogen and oxygen atoms in total. The molecule has 0 amide bonds. The highest BCUT2D eigenvalue weighted by atomic mass is 16.2.